The summed E-state index contributed by atoms with van der Waals surface area (Å²) in [4.78, 5) is 35.7. The van der Waals surface area contributed by atoms with E-state index in [9.17, 15) is 14.9 Å². The summed E-state index contributed by atoms with van der Waals surface area (Å²) in [6.45, 7) is 4.60. The number of anilines is 1. The van der Waals surface area contributed by atoms with Gasteiger partial charge in [0.25, 0.3) is 0 Å². The zero-order valence-electron chi connectivity index (χ0n) is 24.2. The Hall–Kier alpha value is -4.85. The molecule has 4 aromatic rings. The molecule has 1 amide bonds. The number of esters is 1. The quantitative estimate of drug-likeness (QED) is 0.199. The fourth-order valence-corrected chi connectivity index (χ4v) is 4.49. The average molecular weight is 566 g/mol. The van der Waals surface area contributed by atoms with Crippen LogP contribution in [-0.4, -0.2) is 58.0 Å². The van der Waals surface area contributed by atoms with Crippen molar-refractivity contribution in [3.63, 3.8) is 0 Å². The number of benzene rings is 1. The van der Waals surface area contributed by atoms with Gasteiger partial charge in [-0.1, -0.05) is 32.1 Å². The maximum atomic E-state index is 12.5. The van der Waals surface area contributed by atoms with Gasteiger partial charge in [-0.15, -0.1) is 0 Å². The second-order valence-electron chi connectivity index (χ2n) is 10.7. The first-order chi connectivity index (χ1) is 20.1. The lowest BCUT2D eigenvalue weighted by Gasteiger charge is -2.14. The lowest BCUT2D eigenvalue weighted by Crippen LogP contribution is -2.33. The third kappa shape index (κ3) is 7.66. The summed E-state index contributed by atoms with van der Waals surface area (Å²) in [5, 5.41) is 13.1. The van der Waals surface area contributed by atoms with Crippen molar-refractivity contribution in [3.8, 4) is 28.3 Å². The van der Waals surface area contributed by atoms with Crippen LogP contribution in [0.5, 0.6) is 0 Å². The van der Waals surface area contributed by atoms with E-state index in [0.717, 1.165) is 27.6 Å². The molecular formula is C32H35N7O3. The number of likely N-dealkylation sites (N-methyl/N-ethyl adjacent to an activating group) is 1. The third-order valence-corrected chi connectivity index (χ3v) is 6.48. The molecule has 0 spiro atoms. The molecule has 3 heterocycles. The molecular weight excluding hydrogens is 530 g/mol. The van der Waals surface area contributed by atoms with Crippen LogP contribution in [0.25, 0.3) is 33.3 Å². The molecule has 0 bridgehead atoms. The van der Waals surface area contributed by atoms with Gasteiger partial charge < -0.3 is 20.7 Å². The van der Waals surface area contributed by atoms with Gasteiger partial charge in [0.05, 0.1) is 0 Å². The Kier molecular flexibility index (Phi) is 9.81. The Morgan fingerprint density at radius 1 is 1.14 bits per heavy atom. The van der Waals surface area contributed by atoms with Crippen LogP contribution < -0.4 is 11.1 Å². The number of nitrogens with two attached hydrogens (primary N) is 1. The zero-order valence-corrected chi connectivity index (χ0v) is 24.2. The van der Waals surface area contributed by atoms with Crippen molar-refractivity contribution < 1.29 is 14.3 Å². The number of amides is 1. The molecule has 3 N–H and O–H groups in total. The van der Waals surface area contributed by atoms with Gasteiger partial charge in [0.2, 0.25) is 5.91 Å². The molecule has 10 heteroatoms. The Morgan fingerprint density at radius 2 is 1.95 bits per heavy atom. The third-order valence-electron chi connectivity index (χ3n) is 6.48. The average Bonchev–Trinajstić information content (AvgIpc) is 3.33. The smallest absolute Gasteiger partial charge is 0.324 e. The summed E-state index contributed by atoms with van der Waals surface area (Å²) in [5.74, 6) is -0.426. The highest BCUT2D eigenvalue weighted by atomic mass is 16.5. The number of nitrogens with one attached hydrogen (secondary N) is 1. The van der Waals surface area contributed by atoms with Crippen molar-refractivity contribution in [1.29, 1.82) is 5.26 Å². The Morgan fingerprint density at radius 3 is 2.69 bits per heavy atom. The molecule has 1 aromatic carbocycles. The van der Waals surface area contributed by atoms with Gasteiger partial charge >= 0.3 is 5.97 Å². The number of carbonyl (C=O) groups is 2. The zero-order chi connectivity index (χ0) is 30.2. The largest absolute Gasteiger partial charge is 0.443 e. The molecule has 1 unspecified atom stereocenters. The fraction of sp³-hybridized carbons (Fsp3) is 0.281. The molecule has 0 fully saturated rings. The second-order valence-corrected chi connectivity index (χ2v) is 10.7. The summed E-state index contributed by atoms with van der Waals surface area (Å²) in [7, 11) is 3.87. The predicted octanol–water partition coefficient (Wildman–Crippen LogP) is 4.57. The van der Waals surface area contributed by atoms with Crippen molar-refractivity contribution in [2.24, 2.45) is 11.7 Å². The first-order valence-electron chi connectivity index (χ1n) is 13.6. The molecule has 0 saturated heterocycles. The minimum Gasteiger partial charge on any atom is -0.443 e. The van der Waals surface area contributed by atoms with E-state index in [1.54, 1.807) is 29.1 Å². The van der Waals surface area contributed by atoms with E-state index in [1.807, 2.05) is 75.4 Å². The van der Waals surface area contributed by atoms with Crippen molar-refractivity contribution in [1.82, 2.24) is 19.4 Å². The monoisotopic (exact) mass is 565 g/mol. The van der Waals surface area contributed by atoms with Crippen LogP contribution in [0.1, 0.15) is 26.0 Å². The van der Waals surface area contributed by atoms with Gasteiger partial charge in [0.15, 0.2) is 6.73 Å². The molecule has 0 aliphatic heterocycles. The minimum absolute atomic E-state index is 0.0630. The number of carbonyl (C=O) groups excluding carboxylic acids is 2. The van der Waals surface area contributed by atoms with Gasteiger partial charge in [0.1, 0.15) is 23.5 Å². The molecule has 0 saturated carbocycles. The van der Waals surface area contributed by atoms with Crippen LogP contribution in [-0.2, 0) is 21.1 Å². The standard InChI is InChI=1S/C32H35N7O3/c1-21(2)13-29(34)32(41)42-20-39-19-28(23-10-11-35-26(15-23)17-33)27-16-24(18-36-31(27)39)22-7-5-8-25(14-22)37-30(40)9-6-12-38(3)4/h5-11,14-16,18-19,21,29H,12-13,20,34H2,1-4H3,(H,37,40). The maximum Gasteiger partial charge on any atom is 0.324 e. The predicted molar refractivity (Wildman–Crippen MR) is 163 cm³/mol. The van der Waals surface area contributed by atoms with Gasteiger partial charge in [-0.3, -0.25) is 14.2 Å². The van der Waals surface area contributed by atoms with E-state index < -0.39 is 12.0 Å². The van der Waals surface area contributed by atoms with Gasteiger partial charge in [0, 0.05) is 53.4 Å². The number of hydrogen-bond acceptors (Lipinski definition) is 8. The van der Waals surface area contributed by atoms with Crippen LogP contribution >= 0.6 is 0 Å². The van der Waals surface area contributed by atoms with Crippen molar-refractivity contribution in [2.75, 3.05) is 26.0 Å². The topological polar surface area (TPSA) is 139 Å². The normalized spacial score (nSPS) is 12.1. The number of nitrogens with zero attached hydrogens (tertiary/aromatic N) is 5. The SMILES string of the molecule is CC(C)CC(N)C(=O)OCn1cc(-c2ccnc(C#N)c2)c2cc(-c3cccc(NC(=O)C=CCN(C)C)c3)cnc21. The van der Waals surface area contributed by atoms with E-state index in [4.69, 9.17) is 15.5 Å². The van der Waals surface area contributed by atoms with E-state index in [1.165, 1.54) is 6.08 Å². The highest BCUT2D eigenvalue weighted by Crippen LogP contribution is 2.33. The molecule has 4 rings (SSSR count). The summed E-state index contributed by atoms with van der Waals surface area (Å²) in [6.07, 6.45) is 9.00. The molecule has 10 nitrogen and oxygen atoms in total. The van der Waals surface area contributed by atoms with E-state index in [0.29, 0.717) is 24.3 Å². The van der Waals surface area contributed by atoms with Crippen LogP contribution in [0, 0.1) is 17.2 Å². The number of nitriles is 1. The van der Waals surface area contributed by atoms with Gasteiger partial charge in [-0.25, -0.2) is 9.97 Å². The molecule has 42 heavy (non-hydrogen) atoms. The van der Waals surface area contributed by atoms with E-state index in [2.05, 4.69) is 16.4 Å². The maximum absolute atomic E-state index is 12.5. The van der Waals surface area contributed by atoms with Crippen LogP contribution in [0.3, 0.4) is 0 Å². The highest BCUT2D eigenvalue weighted by Gasteiger charge is 2.19. The Balaban J connectivity index is 1.68. The molecule has 216 valence electrons. The molecule has 1 atom stereocenters. The van der Waals surface area contributed by atoms with E-state index >= 15 is 0 Å². The highest BCUT2D eigenvalue weighted by molar-refractivity contribution is 6.00. The molecule has 3 aromatic heterocycles. The summed E-state index contributed by atoms with van der Waals surface area (Å²) >= 11 is 0. The number of fused-ring (bicyclic) bond motifs is 1. The fourth-order valence-electron chi connectivity index (χ4n) is 4.49. The lowest BCUT2D eigenvalue weighted by molar-refractivity contribution is -0.149. The van der Waals surface area contributed by atoms with Gasteiger partial charge in [-0.05, 0) is 67.9 Å². The Bertz CT molecular complexity index is 1650. The number of ether oxygens (including phenoxy) is 1. The molecule has 0 radical (unpaired) electrons. The first-order valence-corrected chi connectivity index (χ1v) is 13.6. The second kappa shape index (κ2) is 13.7. The summed E-state index contributed by atoms with van der Waals surface area (Å²) in [5.41, 5.74) is 10.8. The number of aromatic nitrogens is 3. The number of hydrogen-bond donors (Lipinski definition) is 2. The molecule has 0 aliphatic carbocycles. The van der Waals surface area contributed by atoms with Crippen molar-refractivity contribution in [2.45, 2.75) is 33.0 Å². The van der Waals surface area contributed by atoms with Crippen molar-refractivity contribution in [3.05, 3.63) is 78.9 Å². The lowest BCUT2D eigenvalue weighted by atomic mass is 10.0. The minimum atomic E-state index is -0.708. The van der Waals surface area contributed by atoms with Crippen LogP contribution in [0.4, 0.5) is 5.69 Å². The number of pyridine rings is 2. The summed E-state index contributed by atoms with van der Waals surface area (Å²) < 4.78 is 7.30. The van der Waals surface area contributed by atoms with E-state index in [-0.39, 0.29) is 24.2 Å². The van der Waals surface area contributed by atoms with Crippen LogP contribution in [0.2, 0.25) is 0 Å². The van der Waals surface area contributed by atoms with Crippen LogP contribution in [0.15, 0.2) is 73.2 Å². The molecule has 0 aliphatic rings. The Labute approximate surface area is 245 Å². The van der Waals surface area contributed by atoms with Crippen molar-refractivity contribution >= 4 is 28.6 Å². The van der Waals surface area contributed by atoms with Gasteiger partial charge in [-0.2, -0.15) is 5.26 Å². The summed E-state index contributed by atoms with van der Waals surface area (Å²) in [6, 6.07) is 14.4. The number of rotatable bonds is 11. The first kappa shape index (κ1) is 30.1.